The summed E-state index contributed by atoms with van der Waals surface area (Å²) in [6, 6.07) is 6.20. The number of hydrogen-bond acceptors (Lipinski definition) is 3. The summed E-state index contributed by atoms with van der Waals surface area (Å²) >= 11 is 0. The van der Waals surface area contributed by atoms with Gasteiger partial charge in [-0.1, -0.05) is 31.6 Å². The number of carbonyl (C=O) groups is 1. The van der Waals surface area contributed by atoms with E-state index < -0.39 is 14.0 Å². The van der Waals surface area contributed by atoms with E-state index in [1.54, 1.807) is 12.1 Å². The summed E-state index contributed by atoms with van der Waals surface area (Å²) in [4.78, 5) is 16.2. The Kier molecular flexibility index (Phi) is 5.20. The highest BCUT2D eigenvalue weighted by atomic mass is 28.3. The first kappa shape index (κ1) is 17.9. The number of hydrogen-bond donors (Lipinski definition) is 0. The van der Waals surface area contributed by atoms with Gasteiger partial charge in [0.15, 0.2) is 0 Å². The van der Waals surface area contributed by atoms with Gasteiger partial charge in [-0.15, -0.1) is 5.54 Å². The van der Waals surface area contributed by atoms with Gasteiger partial charge in [0.2, 0.25) is 0 Å². The molecule has 5 heteroatoms. The molecule has 0 radical (unpaired) electrons. The maximum absolute atomic E-state index is 13.7. The minimum Gasteiger partial charge on any atom is -0.465 e. The van der Waals surface area contributed by atoms with Crippen LogP contribution in [0.4, 0.5) is 4.39 Å². The molecular formula is C19H20FNO2Si. The molecule has 0 fully saturated rings. The van der Waals surface area contributed by atoms with E-state index in [0.29, 0.717) is 22.3 Å². The molecule has 0 aliphatic carbocycles. The van der Waals surface area contributed by atoms with Crippen LogP contribution in [0.5, 0.6) is 0 Å². The quantitative estimate of drug-likeness (QED) is 0.467. The molecule has 1 aromatic heterocycles. The molecule has 0 aliphatic rings. The van der Waals surface area contributed by atoms with E-state index in [9.17, 15) is 9.18 Å². The molecule has 0 amide bonds. The zero-order valence-electron chi connectivity index (χ0n) is 14.5. The number of rotatable bonds is 2. The zero-order chi connectivity index (χ0) is 17.9. The van der Waals surface area contributed by atoms with Crippen molar-refractivity contribution in [2.75, 3.05) is 7.11 Å². The van der Waals surface area contributed by atoms with E-state index >= 15 is 0 Å². The highest BCUT2D eigenvalue weighted by molar-refractivity contribution is 6.83. The lowest BCUT2D eigenvalue weighted by molar-refractivity contribution is 0.0601. The van der Waals surface area contributed by atoms with Gasteiger partial charge >= 0.3 is 5.97 Å². The van der Waals surface area contributed by atoms with Crippen LogP contribution in [0.3, 0.4) is 0 Å². The number of pyridine rings is 1. The Bertz CT molecular complexity index is 845. The fourth-order valence-electron chi connectivity index (χ4n) is 2.16. The Morgan fingerprint density at radius 2 is 1.92 bits per heavy atom. The SMILES string of the molecule is COC(=O)c1cnc(C)cc1-c1ccc(F)cc1C#C[Si](C)(C)C. The lowest BCUT2D eigenvalue weighted by Crippen LogP contribution is -2.16. The van der Waals surface area contributed by atoms with Crippen molar-refractivity contribution in [3.05, 3.63) is 53.1 Å². The van der Waals surface area contributed by atoms with Gasteiger partial charge in [0.25, 0.3) is 0 Å². The number of aromatic nitrogens is 1. The van der Waals surface area contributed by atoms with E-state index in [1.807, 2.05) is 6.92 Å². The maximum Gasteiger partial charge on any atom is 0.340 e. The Morgan fingerprint density at radius 1 is 1.21 bits per heavy atom. The van der Waals surface area contributed by atoms with Crippen LogP contribution in [-0.2, 0) is 4.74 Å². The molecule has 0 atom stereocenters. The number of carbonyl (C=O) groups excluding carboxylic acids is 1. The Balaban J connectivity index is 2.71. The van der Waals surface area contributed by atoms with Crippen LogP contribution in [0.15, 0.2) is 30.5 Å². The van der Waals surface area contributed by atoms with Crippen LogP contribution in [-0.4, -0.2) is 26.1 Å². The molecule has 3 nitrogen and oxygen atoms in total. The Labute approximate surface area is 142 Å². The van der Waals surface area contributed by atoms with E-state index in [4.69, 9.17) is 4.74 Å². The smallest absolute Gasteiger partial charge is 0.340 e. The van der Waals surface area contributed by atoms with Gasteiger partial charge in [-0.05, 0) is 30.7 Å². The van der Waals surface area contributed by atoms with Gasteiger partial charge in [-0.25, -0.2) is 9.18 Å². The summed E-state index contributed by atoms with van der Waals surface area (Å²) in [5.41, 5.74) is 6.25. The molecule has 1 heterocycles. The third kappa shape index (κ3) is 4.30. The predicted molar refractivity (Wildman–Crippen MR) is 95.9 cm³/mol. The fraction of sp³-hybridized carbons (Fsp3) is 0.263. The Hall–Kier alpha value is -2.45. The summed E-state index contributed by atoms with van der Waals surface area (Å²) in [6.45, 7) is 8.20. The van der Waals surface area contributed by atoms with Crippen molar-refractivity contribution < 1.29 is 13.9 Å². The molecule has 0 saturated carbocycles. The molecule has 0 unspecified atom stereocenters. The molecule has 2 aromatic rings. The summed E-state index contributed by atoms with van der Waals surface area (Å²) in [5, 5.41) is 0. The van der Waals surface area contributed by atoms with E-state index in [1.165, 1.54) is 25.4 Å². The normalized spacial score (nSPS) is 10.8. The fourth-order valence-corrected chi connectivity index (χ4v) is 2.67. The van der Waals surface area contributed by atoms with Gasteiger partial charge in [0, 0.05) is 23.0 Å². The van der Waals surface area contributed by atoms with Gasteiger partial charge in [0.05, 0.1) is 12.7 Å². The van der Waals surface area contributed by atoms with E-state index in [2.05, 4.69) is 36.1 Å². The number of nitrogens with zero attached hydrogens (tertiary/aromatic N) is 1. The molecule has 0 saturated heterocycles. The standard InChI is InChI=1S/C19H20FNO2Si/c1-13-10-17(18(12-21-13)19(22)23-2)16-7-6-15(20)11-14(16)8-9-24(3,4)5/h6-7,10-12H,1-5H3. The summed E-state index contributed by atoms with van der Waals surface area (Å²) in [5.74, 6) is 2.26. The topological polar surface area (TPSA) is 39.2 Å². The number of ether oxygens (including phenoxy) is 1. The second-order valence-corrected chi connectivity index (χ2v) is 11.3. The molecule has 24 heavy (non-hydrogen) atoms. The van der Waals surface area contributed by atoms with Crippen LogP contribution in [0.1, 0.15) is 21.6 Å². The number of benzene rings is 1. The van der Waals surface area contributed by atoms with Crippen molar-refractivity contribution in [3.8, 4) is 22.6 Å². The van der Waals surface area contributed by atoms with Gasteiger partial charge in [-0.2, -0.15) is 0 Å². The van der Waals surface area contributed by atoms with Crippen molar-refractivity contribution >= 4 is 14.0 Å². The molecule has 2 rings (SSSR count). The highest BCUT2D eigenvalue weighted by Gasteiger charge is 2.17. The van der Waals surface area contributed by atoms with Crippen molar-refractivity contribution in [2.24, 2.45) is 0 Å². The second-order valence-electron chi connectivity index (χ2n) is 6.55. The van der Waals surface area contributed by atoms with Crippen molar-refractivity contribution in [1.82, 2.24) is 4.98 Å². The van der Waals surface area contributed by atoms with Gasteiger partial charge in [0.1, 0.15) is 13.9 Å². The van der Waals surface area contributed by atoms with Crippen molar-refractivity contribution in [1.29, 1.82) is 0 Å². The molecule has 0 aliphatic heterocycles. The van der Waals surface area contributed by atoms with Crippen LogP contribution in [0.2, 0.25) is 19.6 Å². The van der Waals surface area contributed by atoms with Crippen molar-refractivity contribution in [2.45, 2.75) is 26.6 Å². The number of aryl methyl sites for hydroxylation is 1. The number of methoxy groups -OCH3 is 1. The van der Waals surface area contributed by atoms with E-state index in [0.717, 1.165) is 5.69 Å². The first-order chi connectivity index (χ1) is 11.2. The third-order valence-corrected chi connectivity index (χ3v) is 4.16. The third-order valence-electron chi connectivity index (χ3n) is 3.29. The van der Waals surface area contributed by atoms with Crippen molar-refractivity contribution in [3.63, 3.8) is 0 Å². The number of halogens is 1. The molecule has 0 bridgehead atoms. The summed E-state index contributed by atoms with van der Waals surface area (Å²) in [7, 11) is -0.300. The molecule has 0 spiro atoms. The van der Waals surface area contributed by atoms with Gasteiger partial charge < -0.3 is 4.74 Å². The largest absolute Gasteiger partial charge is 0.465 e. The zero-order valence-corrected chi connectivity index (χ0v) is 15.5. The van der Waals surface area contributed by atoms with Crippen LogP contribution < -0.4 is 0 Å². The number of esters is 1. The second kappa shape index (κ2) is 6.98. The maximum atomic E-state index is 13.7. The van der Waals surface area contributed by atoms with E-state index in [-0.39, 0.29) is 5.82 Å². The molecule has 1 aromatic carbocycles. The van der Waals surface area contributed by atoms with Crippen LogP contribution >= 0.6 is 0 Å². The first-order valence-corrected chi connectivity index (χ1v) is 11.1. The van der Waals surface area contributed by atoms with Crippen LogP contribution in [0, 0.1) is 24.2 Å². The average Bonchev–Trinajstić information content (AvgIpc) is 2.51. The molecule has 0 N–H and O–H groups in total. The Morgan fingerprint density at radius 3 is 2.54 bits per heavy atom. The monoisotopic (exact) mass is 341 g/mol. The first-order valence-electron chi connectivity index (χ1n) is 7.59. The lowest BCUT2D eigenvalue weighted by atomic mass is 9.96. The van der Waals surface area contributed by atoms with Crippen LogP contribution in [0.25, 0.3) is 11.1 Å². The van der Waals surface area contributed by atoms with Gasteiger partial charge in [-0.3, -0.25) is 4.98 Å². The summed E-state index contributed by atoms with van der Waals surface area (Å²) in [6.07, 6.45) is 1.48. The molecule has 124 valence electrons. The summed E-state index contributed by atoms with van der Waals surface area (Å²) < 4.78 is 18.6. The molecular weight excluding hydrogens is 321 g/mol. The lowest BCUT2D eigenvalue weighted by Gasteiger charge is -2.11. The highest BCUT2D eigenvalue weighted by Crippen LogP contribution is 2.28. The minimum atomic E-state index is -1.62. The predicted octanol–water partition coefficient (Wildman–Crippen LogP) is 4.21. The average molecular weight is 341 g/mol. The minimum absolute atomic E-state index is 0.339.